The van der Waals surface area contributed by atoms with E-state index in [1.165, 1.54) is 24.3 Å². The molecular weight excluding hydrogens is 315 g/mol. The highest BCUT2D eigenvalue weighted by Gasteiger charge is 2.13. The standard InChI is InChI=1S/C16H13FN4OS/c17-11-4-6-12(7-5-11)21-16(23-10-15(19)22)13(9-18)14-3-1-2-8-20-14/h1-8,21H,10H2,(H2,19,22)/b16-13+. The van der Waals surface area contributed by atoms with Gasteiger partial charge in [-0.2, -0.15) is 5.26 Å². The predicted molar refractivity (Wildman–Crippen MR) is 88.4 cm³/mol. The molecular formula is C16H13FN4OS. The maximum atomic E-state index is 13.0. The second kappa shape index (κ2) is 7.96. The quantitative estimate of drug-likeness (QED) is 0.796. The number of carbonyl (C=O) groups excluding carboxylic acids is 1. The minimum absolute atomic E-state index is 0.00153. The van der Waals surface area contributed by atoms with Crippen molar-refractivity contribution in [1.82, 2.24) is 4.98 Å². The maximum absolute atomic E-state index is 13.0. The number of benzene rings is 1. The van der Waals surface area contributed by atoms with E-state index >= 15 is 0 Å². The molecule has 0 aliphatic rings. The number of nitrogens with two attached hydrogens (primary N) is 1. The molecule has 7 heteroatoms. The Labute approximate surface area is 137 Å². The Kier molecular flexibility index (Phi) is 5.72. The number of rotatable bonds is 6. The number of aromatic nitrogens is 1. The number of hydrogen-bond acceptors (Lipinski definition) is 5. The molecule has 0 saturated carbocycles. The van der Waals surface area contributed by atoms with Crippen molar-refractivity contribution in [2.75, 3.05) is 11.1 Å². The Hall–Kier alpha value is -2.85. The van der Waals surface area contributed by atoms with E-state index in [2.05, 4.69) is 16.4 Å². The molecule has 0 saturated heterocycles. The molecule has 0 spiro atoms. The number of allylic oxidation sites excluding steroid dienone is 1. The van der Waals surface area contributed by atoms with Gasteiger partial charge in [0.05, 0.1) is 16.5 Å². The van der Waals surface area contributed by atoms with Crippen LogP contribution in [0.2, 0.25) is 0 Å². The zero-order valence-electron chi connectivity index (χ0n) is 12.0. The number of nitriles is 1. The van der Waals surface area contributed by atoms with Gasteiger partial charge in [-0.1, -0.05) is 17.8 Å². The number of primary amides is 1. The van der Waals surface area contributed by atoms with Gasteiger partial charge < -0.3 is 11.1 Å². The van der Waals surface area contributed by atoms with Crippen LogP contribution in [0, 0.1) is 17.1 Å². The monoisotopic (exact) mass is 328 g/mol. The van der Waals surface area contributed by atoms with Crippen LogP contribution in [0.4, 0.5) is 10.1 Å². The molecule has 0 atom stereocenters. The minimum atomic E-state index is -0.508. The van der Waals surface area contributed by atoms with Gasteiger partial charge in [-0.15, -0.1) is 0 Å². The van der Waals surface area contributed by atoms with E-state index in [-0.39, 0.29) is 17.1 Å². The highest BCUT2D eigenvalue weighted by molar-refractivity contribution is 8.04. The van der Waals surface area contributed by atoms with Crippen LogP contribution in [0.1, 0.15) is 5.69 Å². The lowest BCUT2D eigenvalue weighted by Crippen LogP contribution is -2.14. The fourth-order valence-corrected chi connectivity index (χ4v) is 2.48. The molecule has 1 heterocycles. The molecule has 5 nitrogen and oxygen atoms in total. The second-order valence-corrected chi connectivity index (χ2v) is 5.40. The zero-order valence-corrected chi connectivity index (χ0v) is 12.8. The Balaban J connectivity index is 2.39. The van der Waals surface area contributed by atoms with Crippen molar-refractivity contribution >= 4 is 28.9 Å². The number of thioether (sulfide) groups is 1. The third-order valence-electron chi connectivity index (χ3n) is 2.72. The number of hydrogen-bond donors (Lipinski definition) is 2. The molecule has 0 aliphatic carbocycles. The first-order valence-electron chi connectivity index (χ1n) is 6.59. The van der Waals surface area contributed by atoms with E-state index in [0.29, 0.717) is 16.4 Å². The summed E-state index contributed by atoms with van der Waals surface area (Å²) in [4.78, 5) is 15.2. The number of pyridine rings is 1. The average Bonchev–Trinajstić information content (AvgIpc) is 2.56. The number of carbonyl (C=O) groups is 1. The third kappa shape index (κ3) is 4.83. The topological polar surface area (TPSA) is 91.8 Å². The number of nitrogens with one attached hydrogen (secondary N) is 1. The molecule has 0 radical (unpaired) electrons. The summed E-state index contributed by atoms with van der Waals surface area (Å²) in [5.41, 5.74) is 6.51. The van der Waals surface area contributed by atoms with Crippen LogP contribution in [-0.4, -0.2) is 16.6 Å². The second-order valence-electron chi connectivity index (χ2n) is 4.42. The lowest BCUT2D eigenvalue weighted by atomic mass is 10.2. The number of nitrogens with zero attached hydrogens (tertiary/aromatic N) is 2. The van der Waals surface area contributed by atoms with Gasteiger partial charge in [-0.25, -0.2) is 4.39 Å². The molecule has 0 fully saturated rings. The lowest BCUT2D eigenvalue weighted by molar-refractivity contribution is -0.115. The molecule has 0 unspecified atom stereocenters. The summed E-state index contributed by atoms with van der Waals surface area (Å²) in [7, 11) is 0. The Morgan fingerprint density at radius 3 is 2.61 bits per heavy atom. The van der Waals surface area contributed by atoms with Gasteiger partial charge in [0, 0.05) is 11.9 Å². The first-order valence-corrected chi connectivity index (χ1v) is 7.58. The van der Waals surface area contributed by atoms with Crippen molar-refractivity contribution in [2.45, 2.75) is 0 Å². The highest BCUT2D eigenvalue weighted by Crippen LogP contribution is 2.27. The van der Waals surface area contributed by atoms with E-state index < -0.39 is 5.91 Å². The Morgan fingerprint density at radius 2 is 2.04 bits per heavy atom. The van der Waals surface area contributed by atoms with Crippen LogP contribution < -0.4 is 11.1 Å². The first kappa shape index (κ1) is 16.5. The Bertz CT molecular complexity index is 754. The van der Waals surface area contributed by atoms with Gasteiger partial charge in [-0.05, 0) is 36.4 Å². The molecule has 1 amide bonds. The van der Waals surface area contributed by atoms with Crippen LogP contribution in [0.5, 0.6) is 0 Å². The molecule has 23 heavy (non-hydrogen) atoms. The SMILES string of the molecule is N#C/C(=C(/Nc1ccc(F)cc1)SCC(N)=O)c1ccccn1. The lowest BCUT2D eigenvalue weighted by Gasteiger charge is -2.12. The van der Waals surface area contributed by atoms with Gasteiger partial charge in [0.25, 0.3) is 0 Å². The zero-order chi connectivity index (χ0) is 16.7. The summed E-state index contributed by atoms with van der Waals surface area (Å²) in [5.74, 6) is -0.871. The average molecular weight is 328 g/mol. The summed E-state index contributed by atoms with van der Waals surface area (Å²) >= 11 is 1.09. The summed E-state index contributed by atoms with van der Waals surface area (Å²) in [6, 6.07) is 12.9. The van der Waals surface area contributed by atoms with E-state index in [4.69, 9.17) is 5.73 Å². The third-order valence-corrected chi connectivity index (χ3v) is 3.74. The van der Waals surface area contributed by atoms with Crippen molar-refractivity contribution in [1.29, 1.82) is 5.26 Å². The minimum Gasteiger partial charge on any atom is -0.369 e. The Morgan fingerprint density at radius 1 is 1.30 bits per heavy atom. The number of anilines is 1. The van der Waals surface area contributed by atoms with E-state index in [9.17, 15) is 14.4 Å². The van der Waals surface area contributed by atoms with Crippen LogP contribution >= 0.6 is 11.8 Å². The largest absolute Gasteiger partial charge is 0.369 e. The van der Waals surface area contributed by atoms with Crippen LogP contribution in [-0.2, 0) is 4.79 Å². The molecule has 0 aliphatic heterocycles. The first-order chi connectivity index (χ1) is 11.1. The summed E-state index contributed by atoms with van der Waals surface area (Å²) in [6.07, 6.45) is 1.57. The fraction of sp³-hybridized carbons (Fsp3) is 0.0625. The summed E-state index contributed by atoms with van der Waals surface area (Å²) in [5, 5.41) is 12.9. The predicted octanol–water partition coefficient (Wildman–Crippen LogP) is 2.74. The smallest absolute Gasteiger partial charge is 0.227 e. The molecule has 2 rings (SSSR count). The van der Waals surface area contributed by atoms with Crippen LogP contribution in [0.25, 0.3) is 5.57 Å². The van der Waals surface area contributed by atoms with Gasteiger partial charge in [0.15, 0.2) is 0 Å². The fourth-order valence-electron chi connectivity index (χ4n) is 1.71. The number of halogens is 1. The van der Waals surface area contributed by atoms with Gasteiger partial charge >= 0.3 is 0 Å². The normalized spacial score (nSPS) is 11.3. The maximum Gasteiger partial charge on any atom is 0.227 e. The van der Waals surface area contributed by atoms with Crippen molar-refractivity contribution < 1.29 is 9.18 Å². The summed E-state index contributed by atoms with van der Waals surface area (Å²) in [6.45, 7) is 0. The van der Waals surface area contributed by atoms with Crippen LogP contribution in [0.15, 0.2) is 53.7 Å². The van der Waals surface area contributed by atoms with Crippen LogP contribution in [0.3, 0.4) is 0 Å². The van der Waals surface area contributed by atoms with E-state index in [1.54, 1.807) is 24.4 Å². The number of amides is 1. The van der Waals surface area contributed by atoms with Crippen molar-refractivity contribution in [3.05, 3.63) is 65.2 Å². The van der Waals surface area contributed by atoms with E-state index in [0.717, 1.165) is 11.8 Å². The molecule has 1 aromatic heterocycles. The van der Waals surface area contributed by atoms with Crippen molar-refractivity contribution in [3.63, 3.8) is 0 Å². The molecule has 1 aromatic carbocycles. The molecule has 2 aromatic rings. The molecule has 3 N–H and O–H groups in total. The molecule has 0 bridgehead atoms. The molecule has 116 valence electrons. The van der Waals surface area contributed by atoms with Crippen molar-refractivity contribution in [2.24, 2.45) is 5.73 Å². The van der Waals surface area contributed by atoms with Crippen molar-refractivity contribution in [3.8, 4) is 6.07 Å². The van der Waals surface area contributed by atoms with Gasteiger partial charge in [-0.3, -0.25) is 9.78 Å². The summed E-state index contributed by atoms with van der Waals surface area (Å²) < 4.78 is 13.0. The van der Waals surface area contributed by atoms with E-state index in [1.807, 2.05) is 0 Å². The van der Waals surface area contributed by atoms with Gasteiger partial charge in [0.1, 0.15) is 17.5 Å². The highest BCUT2D eigenvalue weighted by atomic mass is 32.2. The van der Waals surface area contributed by atoms with Gasteiger partial charge in [0.2, 0.25) is 5.91 Å².